The Balaban J connectivity index is 0.00000392. The predicted molar refractivity (Wildman–Crippen MR) is 128 cm³/mol. The van der Waals surface area contributed by atoms with E-state index in [1.54, 1.807) is 23.0 Å². The fourth-order valence-corrected chi connectivity index (χ4v) is 5.21. The molecule has 1 saturated heterocycles. The normalized spacial score (nSPS) is 18.0. The van der Waals surface area contributed by atoms with Crippen LogP contribution in [0.2, 0.25) is 0 Å². The number of guanidine groups is 1. The lowest BCUT2D eigenvalue weighted by atomic mass is 9.96. The lowest BCUT2D eigenvalue weighted by molar-refractivity contribution is 0.0672. The van der Waals surface area contributed by atoms with Crippen LogP contribution in [-0.2, 0) is 15.6 Å². The second kappa shape index (κ2) is 12.2. The molecule has 2 rings (SSSR count). The quantitative estimate of drug-likeness (QED) is 0.262. The lowest BCUT2D eigenvalue weighted by Gasteiger charge is -2.26. The van der Waals surface area contributed by atoms with E-state index in [0.717, 1.165) is 17.1 Å². The van der Waals surface area contributed by atoms with Crippen molar-refractivity contribution in [2.45, 2.75) is 19.4 Å². The third-order valence-corrected chi connectivity index (χ3v) is 7.12. The van der Waals surface area contributed by atoms with Crippen LogP contribution < -0.4 is 10.6 Å². The van der Waals surface area contributed by atoms with E-state index in [0.29, 0.717) is 25.6 Å². The zero-order valence-corrected chi connectivity index (χ0v) is 20.4. The van der Waals surface area contributed by atoms with E-state index in [1.807, 2.05) is 37.3 Å². The summed E-state index contributed by atoms with van der Waals surface area (Å²) in [7, 11) is -3.25. The molecule has 1 atom stereocenters. The minimum atomic E-state index is -3.25. The Morgan fingerprint density at radius 1 is 1.25 bits per heavy atom. The van der Waals surface area contributed by atoms with Crippen LogP contribution in [0.5, 0.6) is 0 Å². The van der Waals surface area contributed by atoms with E-state index >= 15 is 0 Å². The van der Waals surface area contributed by atoms with E-state index in [-0.39, 0.29) is 42.8 Å². The highest BCUT2D eigenvalue weighted by molar-refractivity contribution is 14.0. The zero-order valence-electron chi connectivity index (χ0n) is 16.4. The fraction of sp³-hybridized carbons (Fsp3) is 0.611. The van der Waals surface area contributed by atoms with Crippen LogP contribution >= 0.6 is 35.7 Å². The summed E-state index contributed by atoms with van der Waals surface area (Å²) in [5.41, 5.74) is -0.309. The monoisotopic (exact) mass is 542 g/mol. The van der Waals surface area contributed by atoms with Crippen LogP contribution in [0.15, 0.2) is 35.3 Å². The Labute approximate surface area is 189 Å². The summed E-state index contributed by atoms with van der Waals surface area (Å²) in [5, 5.41) is 16.8. The van der Waals surface area contributed by atoms with Crippen molar-refractivity contribution in [3.63, 3.8) is 0 Å². The molecule has 1 aliphatic rings. The molecule has 0 radical (unpaired) electrons. The highest BCUT2D eigenvalue weighted by Crippen LogP contribution is 2.20. The minimum absolute atomic E-state index is 0. The molecule has 1 unspecified atom stereocenters. The van der Waals surface area contributed by atoms with Crippen LogP contribution in [0.4, 0.5) is 0 Å². The van der Waals surface area contributed by atoms with Gasteiger partial charge in [0.1, 0.15) is 5.60 Å². The van der Waals surface area contributed by atoms with Gasteiger partial charge in [-0.25, -0.2) is 17.7 Å². The van der Waals surface area contributed by atoms with Crippen molar-refractivity contribution in [3.05, 3.63) is 35.9 Å². The van der Waals surface area contributed by atoms with Crippen molar-refractivity contribution in [2.75, 3.05) is 50.0 Å². The van der Waals surface area contributed by atoms with Gasteiger partial charge in [0.25, 0.3) is 0 Å². The maximum Gasteiger partial charge on any atom is 0.215 e. The van der Waals surface area contributed by atoms with E-state index in [9.17, 15) is 13.5 Å². The Morgan fingerprint density at radius 3 is 2.50 bits per heavy atom. The zero-order chi connectivity index (χ0) is 19.8. The Morgan fingerprint density at radius 2 is 1.89 bits per heavy atom. The topological polar surface area (TPSA) is 94.0 Å². The van der Waals surface area contributed by atoms with Crippen molar-refractivity contribution in [2.24, 2.45) is 4.99 Å². The largest absolute Gasteiger partial charge is 0.384 e. The Hall–Kier alpha value is -0.560. The van der Waals surface area contributed by atoms with E-state index in [2.05, 4.69) is 15.6 Å². The highest BCUT2D eigenvalue weighted by Gasteiger charge is 2.24. The maximum atomic E-state index is 12.4. The van der Waals surface area contributed by atoms with Crippen LogP contribution in [0, 0.1) is 0 Å². The third-order valence-electron chi connectivity index (χ3n) is 4.30. The molecule has 3 N–H and O–H groups in total. The number of nitrogens with one attached hydrogen (secondary N) is 2. The number of thioether (sulfide) groups is 1. The molecule has 0 aromatic heterocycles. The van der Waals surface area contributed by atoms with E-state index < -0.39 is 15.6 Å². The van der Waals surface area contributed by atoms with E-state index in [1.165, 1.54) is 0 Å². The van der Waals surface area contributed by atoms with Crippen molar-refractivity contribution in [3.8, 4) is 0 Å². The molecule has 1 heterocycles. The summed E-state index contributed by atoms with van der Waals surface area (Å²) in [6, 6.07) is 9.37. The Kier molecular flexibility index (Phi) is 11.1. The molecule has 7 nitrogen and oxygen atoms in total. The molecule has 1 fully saturated rings. The SMILES string of the molecule is CCNC(=NCC(C)(O)c1ccccc1)NCCS(=O)(=O)N1CCSCC1.I. The van der Waals surface area contributed by atoms with Gasteiger partial charge in [-0.2, -0.15) is 11.8 Å². The number of hydrogen-bond acceptors (Lipinski definition) is 5. The van der Waals surface area contributed by atoms with Crippen LogP contribution in [0.1, 0.15) is 19.4 Å². The summed E-state index contributed by atoms with van der Waals surface area (Å²) in [6.07, 6.45) is 0. The van der Waals surface area contributed by atoms with Crippen LogP contribution in [0.3, 0.4) is 0 Å². The van der Waals surface area contributed by atoms with Gasteiger partial charge in [0.05, 0.1) is 12.3 Å². The first kappa shape index (κ1) is 25.5. The first-order valence-corrected chi connectivity index (χ1v) is 12.0. The average Bonchev–Trinajstić information content (AvgIpc) is 2.67. The number of rotatable bonds is 8. The molecule has 1 aliphatic heterocycles. The highest BCUT2D eigenvalue weighted by atomic mass is 127. The third kappa shape index (κ3) is 8.05. The molecule has 0 amide bonds. The number of sulfonamides is 1. The van der Waals surface area contributed by atoms with Crippen molar-refractivity contribution >= 4 is 51.7 Å². The smallest absolute Gasteiger partial charge is 0.215 e. The molecule has 0 bridgehead atoms. The molecule has 10 heteroatoms. The van der Waals surface area contributed by atoms with Gasteiger partial charge in [0.2, 0.25) is 10.0 Å². The number of aliphatic hydroxyl groups is 1. The van der Waals surface area contributed by atoms with Gasteiger partial charge < -0.3 is 15.7 Å². The number of hydrogen-bond donors (Lipinski definition) is 3. The van der Waals surface area contributed by atoms with Crippen molar-refractivity contribution in [1.82, 2.24) is 14.9 Å². The summed E-state index contributed by atoms with van der Waals surface area (Å²) in [6.45, 7) is 5.91. The second-order valence-corrected chi connectivity index (χ2v) is 9.90. The standard InChI is InChI=1S/C18H30N4O3S2.HI/c1-3-19-17(21-15-18(2,23)16-7-5-4-6-8-16)20-9-14-27(24,25)22-10-12-26-13-11-22;/h4-8,23H,3,9-15H2,1-2H3,(H2,19,20,21);1H. The lowest BCUT2D eigenvalue weighted by Crippen LogP contribution is -2.44. The van der Waals surface area contributed by atoms with Gasteiger partial charge in [-0.15, -0.1) is 24.0 Å². The first-order valence-electron chi connectivity index (χ1n) is 9.21. The predicted octanol–water partition coefficient (Wildman–Crippen LogP) is 1.45. The summed E-state index contributed by atoms with van der Waals surface area (Å²) < 4.78 is 26.4. The van der Waals surface area contributed by atoms with Crippen molar-refractivity contribution in [1.29, 1.82) is 0 Å². The Bertz CT molecular complexity index is 709. The molecule has 1 aromatic carbocycles. The first-order chi connectivity index (χ1) is 12.8. The molecule has 28 heavy (non-hydrogen) atoms. The molecule has 0 saturated carbocycles. The van der Waals surface area contributed by atoms with Crippen molar-refractivity contribution < 1.29 is 13.5 Å². The summed E-state index contributed by atoms with van der Waals surface area (Å²) >= 11 is 1.78. The summed E-state index contributed by atoms with van der Waals surface area (Å²) in [4.78, 5) is 4.43. The molecular weight excluding hydrogens is 511 g/mol. The van der Waals surface area contributed by atoms with Gasteiger partial charge >= 0.3 is 0 Å². The van der Waals surface area contributed by atoms with Crippen LogP contribution in [0.25, 0.3) is 0 Å². The maximum absolute atomic E-state index is 12.4. The van der Waals surface area contributed by atoms with E-state index in [4.69, 9.17) is 0 Å². The molecular formula is C18H31IN4O3S2. The minimum Gasteiger partial charge on any atom is -0.384 e. The van der Waals surface area contributed by atoms with Crippen LogP contribution in [-0.4, -0.2) is 73.8 Å². The second-order valence-electron chi connectivity index (χ2n) is 6.59. The number of aliphatic imine (C=N–C) groups is 1. The van der Waals surface area contributed by atoms with Gasteiger partial charge in [-0.05, 0) is 19.4 Å². The average molecular weight is 543 g/mol. The van der Waals surface area contributed by atoms with Gasteiger partial charge in [-0.1, -0.05) is 30.3 Å². The van der Waals surface area contributed by atoms with Gasteiger partial charge in [0.15, 0.2) is 5.96 Å². The molecule has 0 aliphatic carbocycles. The molecule has 160 valence electrons. The van der Waals surface area contributed by atoms with Gasteiger partial charge in [0, 0.05) is 37.7 Å². The number of halogens is 1. The molecule has 0 spiro atoms. The number of nitrogens with zero attached hydrogens (tertiary/aromatic N) is 2. The summed E-state index contributed by atoms with van der Waals surface area (Å²) in [5.74, 6) is 2.23. The van der Waals surface area contributed by atoms with Gasteiger partial charge in [-0.3, -0.25) is 0 Å². The number of benzene rings is 1. The molecule has 1 aromatic rings. The fourth-order valence-electron chi connectivity index (χ4n) is 2.72.